The van der Waals surface area contributed by atoms with Gasteiger partial charge in [-0.1, -0.05) is 19.3 Å². The Hall–Kier alpha value is -3.10. The summed E-state index contributed by atoms with van der Waals surface area (Å²) in [7, 11) is 1.92. The van der Waals surface area contributed by atoms with Crippen molar-refractivity contribution < 1.29 is 23.9 Å². The second-order valence-corrected chi connectivity index (χ2v) is 8.91. The molecule has 0 spiro atoms. The van der Waals surface area contributed by atoms with Crippen LogP contribution in [0.3, 0.4) is 0 Å². The van der Waals surface area contributed by atoms with Crippen LogP contribution in [-0.2, 0) is 25.7 Å². The molecular weight excluding hydrogens is 424 g/mol. The van der Waals surface area contributed by atoms with Gasteiger partial charge in [0.15, 0.2) is 0 Å². The summed E-state index contributed by atoms with van der Waals surface area (Å²) in [6.45, 7) is 2.21. The summed E-state index contributed by atoms with van der Waals surface area (Å²) in [5.41, 5.74) is 1.69. The maximum absolute atomic E-state index is 12.5. The van der Waals surface area contributed by atoms with Crippen molar-refractivity contribution >= 4 is 29.4 Å². The Morgan fingerprint density at radius 3 is 2.79 bits per heavy atom. The average molecular weight is 457 g/mol. The van der Waals surface area contributed by atoms with E-state index in [9.17, 15) is 14.4 Å². The van der Waals surface area contributed by atoms with Gasteiger partial charge >= 0.3 is 5.97 Å². The molecule has 1 N–H and O–H groups in total. The highest BCUT2D eigenvalue weighted by Crippen LogP contribution is 2.32. The number of hydrogen-bond donors (Lipinski definition) is 1. The van der Waals surface area contributed by atoms with Crippen LogP contribution < -0.4 is 10.1 Å². The van der Waals surface area contributed by atoms with E-state index >= 15 is 0 Å². The van der Waals surface area contributed by atoms with Gasteiger partial charge in [-0.25, -0.2) is 4.99 Å². The van der Waals surface area contributed by atoms with Crippen LogP contribution in [0.5, 0.6) is 5.75 Å². The number of aliphatic imine (C=N–C) groups is 1. The third kappa shape index (κ3) is 5.46. The quantitative estimate of drug-likeness (QED) is 0.477. The number of nitrogens with one attached hydrogen (secondary N) is 1. The number of carbonyl (C=O) groups is 3. The molecule has 178 valence electrons. The van der Waals surface area contributed by atoms with Crippen LogP contribution in [-0.4, -0.2) is 65.9 Å². The first kappa shape index (κ1) is 23.1. The molecule has 2 fully saturated rings. The van der Waals surface area contributed by atoms with Gasteiger partial charge in [-0.3, -0.25) is 19.7 Å². The number of amides is 2. The average Bonchev–Trinajstić information content (AvgIpc) is 3.12. The maximum atomic E-state index is 12.5. The molecule has 2 heterocycles. The predicted molar refractivity (Wildman–Crippen MR) is 122 cm³/mol. The van der Waals surface area contributed by atoms with Crippen molar-refractivity contribution in [1.29, 1.82) is 0 Å². The van der Waals surface area contributed by atoms with Gasteiger partial charge in [-0.05, 0) is 37.5 Å². The number of guanidine groups is 1. The van der Waals surface area contributed by atoms with Gasteiger partial charge in [-0.2, -0.15) is 0 Å². The molecule has 1 saturated carbocycles. The van der Waals surface area contributed by atoms with Crippen LogP contribution in [0.1, 0.15) is 57.4 Å². The van der Waals surface area contributed by atoms with E-state index in [0.29, 0.717) is 43.7 Å². The zero-order valence-corrected chi connectivity index (χ0v) is 19.3. The Labute approximate surface area is 194 Å². The normalized spacial score (nSPS) is 19.8. The summed E-state index contributed by atoms with van der Waals surface area (Å²) in [5.74, 6) is 0.698. The van der Waals surface area contributed by atoms with Crippen LogP contribution in [0.2, 0.25) is 0 Å². The lowest BCUT2D eigenvalue weighted by Gasteiger charge is -2.31. The molecule has 2 amide bonds. The van der Waals surface area contributed by atoms with Crippen LogP contribution in [0.4, 0.5) is 5.69 Å². The van der Waals surface area contributed by atoms with Gasteiger partial charge in [0.1, 0.15) is 18.4 Å². The van der Waals surface area contributed by atoms with Crippen LogP contribution in [0.25, 0.3) is 0 Å². The smallest absolute Gasteiger partial charge is 0.302 e. The van der Waals surface area contributed by atoms with Gasteiger partial charge in [0.25, 0.3) is 5.91 Å². The lowest BCUT2D eigenvalue weighted by molar-refractivity contribution is -0.143. The monoisotopic (exact) mass is 456 g/mol. The Kier molecular flexibility index (Phi) is 7.15. The lowest BCUT2D eigenvalue weighted by atomic mass is 9.94. The number of hydrogen-bond acceptors (Lipinski definition) is 7. The van der Waals surface area contributed by atoms with Crippen LogP contribution >= 0.6 is 0 Å². The summed E-state index contributed by atoms with van der Waals surface area (Å²) in [5, 5.41) is 2.75. The SMILES string of the molecule is CC(=O)OCC1C(=O)NC2=Nc3ccc(OCCCC(=O)N(C)C4CCCCC4)cc3CN21. The first-order valence-corrected chi connectivity index (χ1v) is 11.7. The molecule has 1 atom stereocenters. The van der Waals surface area contributed by atoms with E-state index in [2.05, 4.69) is 10.3 Å². The van der Waals surface area contributed by atoms with E-state index in [-0.39, 0.29) is 18.4 Å². The number of nitrogens with zero attached hydrogens (tertiary/aromatic N) is 3. The number of esters is 1. The number of benzene rings is 1. The van der Waals surface area contributed by atoms with E-state index in [0.717, 1.165) is 24.1 Å². The van der Waals surface area contributed by atoms with E-state index < -0.39 is 12.0 Å². The Bertz CT molecular complexity index is 941. The van der Waals surface area contributed by atoms with Crippen molar-refractivity contribution in [3.63, 3.8) is 0 Å². The fraction of sp³-hybridized carbons (Fsp3) is 0.583. The molecular formula is C24H32N4O5. The van der Waals surface area contributed by atoms with Crippen LogP contribution in [0.15, 0.2) is 23.2 Å². The van der Waals surface area contributed by atoms with E-state index in [1.54, 1.807) is 4.90 Å². The molecule has 0 bridgehead atoms. The van der Waals surface area contributed by atoms with Gasteiger partial charge in [-0.15, -0.1) is 0 Å². The number of rotatable bonds is 8. The zero-order chi connectivity index (χ0) is 23.4. The molecule has 4 rings (SSSR count). The Morgan fingerprint density at radius 1 is 1.24 bits per heavy atom. The molecule has 1 unspecified atom stereocenters. The lowest BCUT2D eigenvalue weighted by Crippen LogP contribution is -2.40. The van der Waals surface area contributed by atoms with Crippen molar-refractivity contribution in [3.8, 4) is 5.75 Å². The molecule has 33 heavy (non-hydrogen) atoms. The largest absolute Gasteiger partial charge is 0.494 e. The third-order valence-electron chi connectivity index (χ3n) is 6.57. The molecule has 2 aliphatic heterocycles. The van der Waals surface area contributed by atoms with E-state index in [4.69, 9.17) is 9.47 Å². The molecule has 1 aromatic rings. The van der Waals surface area contributed by atoms with Gasteiger partial charge in [0.2, 0.25) is 11.9 Å². The second kappa shape index (κ2) is 10.2. The minimum atomic E-state index is -0.599. The summed E-state index contributed by atoms with van der Waals surface area (Å²) in [6.07, 6.45) is 7.05. The number of ether oxygens (including phenoxy) is 2. The minimum Gasteiger partial charge on any atom is -0.494 e. The zero-order valence-electron chi connectivity index (χ0n) is 19.3. The molecule has 1 aromatic carbocycles. The molecule has 9 nitrogen and oxygen atoms in total. The van der Waals surface area contributed by atoms with Gasteiger partial charge in [0.05, 0.1) is 12.3 Å². The Morgan fingerprint density at radius 2 is 2.03 bits per heavy atom. The number of fused-ring (bicyclic) bond motifs is 2. The van der Waals surface area contributed by atoms with Crippen molar-refractivity contribution in [2.24, 2.45) is 4.99 Å². The first-order valence-electron chi connectivity index (χ1n) is 11.7. The Balaban J connectivity index is 1.28. The molecule has 9 heteroatoms. The fourth-order valence-corrected chi connectivity index (χ4v) is 4.64. The van der Waals surface area contributed by atoms with E-state index in [1.807, 2.05) is 30.1 Å². The highest BCUT2D eigenvalue weighted by molar-refractivity contribution is 6.07. The molecule has 1 saturated heterocycles. The summed E-state index contributed by atoms with van der Waals surface area (Å²) >= 11 is 0. The maximum Gasteiger partial charge on any atom is 0.302 e. The fourth-order valence-electron chi connectivity index (χ4n) is 4.64. The van der Waals surface area contributed by atoms with Gasteiger partial charge < -0.3 is 19.3 Å². The highest BCUT2D eigenvalue weighted by atomic mass is 16.5. The summed E-state index contributed by atoms with van der Waals surface area (Å²) in [4.78, 5) is 44.2. The molecule has 0 aromatic heterocycles. The topological polar surface area (TPSA) is 101 Å². The minimum absolute atomic E-state index is 0.0188. The standard InChI is InChI=1S/C24H32N4O5/c1-16(29)33-15-21-23(31)26-24-25-20-11-10-19(13-17(20)14-28(21)24)32-12-6-9-22(30)27(2)18-7-4-3-5-8-18/h10-11,13,18,21H,3-9,12,14-15H2,1-2H3,(H,25,26,31). The van der Waals surface area contributed by atoms with Gasteiger partial charge in [0, 0.05) is 38.5 Å². The first-order chi connectivity index (χ1) is 15.9. The molecule has 0 radical (unpaired) electrons. The third-order valence-corrected chi connectivity index (χ3v) is 6.57. The van der Waals surface area contributed by atoms with Crippen LogP contribution in [0, 0.1) is 0 Å². The second-order valence-electron chi connectivity index (χ2n) is 8.91. The van der Waals surface area contributed by atoms with E-state index in [1.165, 1.54) is 26.2 Å². The van der Waals surface area contributed by atoms with Crippen molar-refractivity contribution in [1.82, 2.24) is 15.1 Å². The summed E-state index contributed by atoms with van der Waals surface area (Å²) < 4.78 is 10.9. The molecule has 1 aliphatic carbocycles. The van der Waals surface area contributed by atoms with Crippen molar-refractivity contribution in [3.05, 3.63) is 23.8 Å². The summed E-state index contributed by atoms with van der Waals surface area (Å²) in [6, 6.07) is 5.41. The van der Waals surface area contributed by atoms with Crippen molar-refractivity contribution in [2.75, 3.05) is 20.3 Å². The molecule has 3 aliphatic rings. The predicted octanol–water partition coefficient (Wildman–Crippen LogP) is 2.50. The highest BCUT2D eigenvalue weighted by Gasteiger charge is 2.39. The van der Waals surface area contributed by atoms with Crippen molar-refractivity contribution in [2.45, 2.75) is 70.5 Å². The number of carbonyl (C=O) groups excluding carboxylic acids is 3.